The topological polar surface area (TPSA) is 71.1 Å². The lowest BCUT2D eigenvalue weighted by atomic mass is 10.1. The summed E-state index contributed by atoms with van der Waals surface area (Å²) in [6.07, 6.45) is 3.51. The highest BCUT2D eigenvalue weighted by molar-refractivity contribution is 6.30. The highest BCUT2D eigenvalue weighted by atomic mass is 35.5. The molecule has 1 heterocycles. The van der Waals surface area contributed by atoms with Crippen LogP contribution >= 0.6 is 11.6 Å². The van der Waals surface area contributed by atoms with E-state index in [9.17, 15) is 9.59 Å². The molecule has 0 unspecified atom stereocenters. The van der Waals surface area contributed by atoms with Gasteiger partial charge in [0, 0.05) is 34.6 Å². The first kappa shape index (κ1) is 16.9. The van der Waals surface area contributed by atoms with E-state index in [2.05, 4.69) is 15.6 Å². The summed E-state index contributed by atoms with van der Waals surface area (Å²) in [5.74, 6) is -0.318. The first-order chi connectivity index (χ1) is 12.0. The summed E-state index contributed by atoms with van der Waals surface area (Å²) in [4.78, 5) is 27.7. The minimum Gasteiger partial charge on any atom is -0.326 e. The zero-order valence-electron chi connectivity index (χ0n) is 13.5. The molecule has 0 saturated carbocycles. The standard InChI is InChI=1S/C19H16ClN3O2/c1-12(24)22-16-6-5-14-10-21-11-18(17(14)9-16)23-19(25)8-13-3-2-4-15(20)7-13/h2-7,9-11H,8H2,1H3,(H,22,24)(H,23,25). The van der Waals surface area contributed by atoms with E-state index < -0.39 is 0 Å². The predicted molar refractivity (Wildman–Crippen MR) is 99.8 cm³/mol. The van der Waals surface area contributed by atoms with Gasteiger partial charge >= 0.3 is 0 Å². The number of pyridine rings is 1. The van der Waals surface area contributed by atoms with Gasteiger partial charge in [0.05, 0.1) is 18.3 Å². The van der Waals surface area contributed by atoms with Crippen LogP contribution in [0.15, 0.2) is 54.9 Å². The number of aromatic nitrogens is 1. The number of amides is 2. The Balaban J connectivity index is 1.84. The second kappa shape index (κ2) is 7.32. The van der Waals surface area contributed by atoms with Gasteiger partial charge in [-0.05, 0) is 29.8 Å². The van der Waals surface area contributed by atoms with Gasteiger partial charge in [0.1, 0.15) is 0 Å². The molecule has 2 N–H and O–H groups in total. The lowest BCUT2D eigenvalue weighted by Gasteiger charge is -2.10. The fourth-order valence-electron chi connectivity index (χ4n) is 2.57. The van der Waals surface area contributed by atoms with Crippen molar-refractivity contribution in [1.82, 2.24) is 4.98 Å². The fourth-order valence-corrected chi connectivity index (χ4v) is 2.78. The first-order valence-corrected chi connectivity index (χ1v) is 8.09. The van der Waals surface area contributed by atoms with Gasteiger partial charge in [-0.2, -0.15) is 0 Å². The third-order valence-corrected chi connectivity index (χ3v) is 3.84. The number of rotatable bonds is 4. The summed E-state index contributed by atoms with van der Waals surface area (Å²) in [6, 6.07) is 12.6. The van der Waals surface area contributed by atoms with Crippen LogP contribution in [0.4, 0.5) is 11.4 Å². The molecule has 0 fully saturated rings. The molecule has 0 aliphatic carbocycles. The summed E-state index contributed by atoms with van der Waals surface area (Å²) in [6.45, 7) is 1.45. The molecule has 0 radical (unpaired) electrons. The molecule has 0 aliphatic heterocycles. The maximum atomic E-state index is 12.3. The number of carbonyl (C=O) groups excluding carboxylic acids is 2. The monoisotopic (exact) mass is 353 g/mol. The normalized spacial score (nSPS) is 10.5. The van der Waals surface area contributed by atoms with Gasteiger partial charge in [0.2, 0.25) is 11.8 Å². The lowest BCUT2D eigenvalue weighted by molar-refractivity contribution is -0.116. The Labute approximate surface area is 150 Å². The van der Waals surface area contributed by atoms with Crippen molar-refractivity contribution in [2.24, 2.45) is 0 Å². The van der Waals surface area contributed by atoms with Gasteiger partial charge in [0.25, 0.3) is 0 Å². The van der Waals surface area contributed by atoms with Crippen molar-refractivity contribution >= 4 is 45.6 Å². The van der Waals surface area contributed by atoms with Crippen LogP contribution in [-0.2, 0) is 16.0 Å². The molecular weight excluding hydrogens is 338 g/mol. The Morgan fingerprint density at radius 2 is 1.92 bits per heavy atom. The highest BCUT2D eigenvalue weighted by Crippen LogP contribution is 2.25. The van der Waals surface area contributed by atoms with Gasteiger partial charge in [-0.3, -0.25) is 14.6 Å². The maximum absolute atomic E-state index is 12.3. The Bertz CT molecular complexity index is 956. The molecule has 2 amide bonds. The number of nitrogens with one attached hydrogen (secondary N) is 2. The van der Waals surface area contributed by atoms with Gasteiger partial charge in [-0.15, -0.1) is 0 Å². The van der Waals surface area contributed by atoms with Gasteiger partial charge in [-0.25, -0.2) is 0 Å². The van der Waals surface area contributed by atoms with E-state index in [0.717, 1.165) is 16.3 Å². The number of carbonyl (C=O) groups is 2. The molecule has 5 nitrogen and oxygen atoms in total. The van der Waals surface area contributed by atoms with Gasteiger partial charge in [-0.1, -0.05) is 29.8 Å². The van der Waals surface area contributed by atoms with E-state index in [-0.39, 0.29) is 18.2 Å². The Hall–Kier alpha value is -2.92. The zero-order chi connectivity index (χ0) is 17.8. The smallest absolute Gasteiger partial charge is 0.228 e. The molecule has 0 spiro atoms. The largest absolute Gasteiger partial charge is 0.326 e. The summed E-state index contributed by atoms with van der Waals surface area (Å²) in [5, 5.41) is 7.88. The third-order valence-electron chi connectivity index (χ3n) is 3.61. The van der Waals surface area contributed by atoms with Crippen LogP contribution < -0.4 is 10.6 Å². The second-order valence-corrected chi connectivity index (χ2v) is 6.10. The molecule has 0 bridgehead atoms. The molecule has 1 aromatic heterocycles. The molecule has 126 valence electrons. The van der Waals surface area contributed by atoms with Crippen LogP contribution in [0, 0.1) is 0 Å². The number of hydrogen-bond acceptors (Lipinski definition) is 3. The molecule has 2 aromatic carbocycles. The van der Waals surface area contributed by atoms with Crippen LogP contribution in [0.25, 0.3) is 10.8 Å². The quantitative estimate of drug-likeness (QED) is 0.744. The number of fused-ring (bicyclic) bond motifs is 1. The highest BCUT2D eigenvalue weighted by Gasteiger charge is 2.09. The molecule has 0 atom stereocenters. The number of nitrogens with zero attached hydrogens (tertiary/aromatic N) is 1. The number of hydrogen-bond donors (Lipinski definition) is 2. The predicted octanol–water partition coefficient (Wildman–Crippen LogP) is 4.03. The van der Waals surface area contributed by atoms with Crippen molar-refractivity contribution in [2.75, 3.05) is 10.6 Å². The lowest BCUT2D eigenvalue weighted by Crippen LogP contribution is -2.15. The minimum atomic E-state index is -0.165. The fraction of sp³-hybridized carbons (Fsp3) is 0.105. The average Bonchev–Trinajstić information content (AvgIpc) is 2.55. The van der Waals surface area contributed by atoms with E-state index >= 15 is 0 Å². The van der Waals surface area contributed by atoms with Crippen LogP contribution in [0.5, 0.6) is 0 Å². The van der Waals surface area contributed by atoms with E-state index in [1.54, 1.807) is 30.6 Å². The molecule has 0 aliphatic rings. The SMILES string of the molecule is CC(=O)Nc1ccc2cncc(NC(=O)Cc3cccc(Cl)c3)c2c1. The average molecular weight is 354 g/mol. The second-order valence-electron chi connectivity index (χ2n) is 5.66. The van der Waals surface area contributed by atoms with Crippen LogP contribution in [0.3, 0.4) is 0 Å². The minimum absolute atomic E-state index is 0.153. The van der Waals surface area contributed by atoms with Crippen molar-refractivity contribution in [1.29, 1.82) is 0 Å². The van der Waals surface area contributed by atoms with Crippen molar-refractivity contribution < 1.29 is 9.59 Å². The molecule has 3 rings (SSSR count). The third kappa shape index (κ3) is 4.33. The first-order valence-electron chi connectivity index (χ1n) is 7.71. The summed E-state index contributed by atoms with van der Waals surface area (Å²) >= 11 is 5.95. The Kier molecular flexibility index (Phi) is 4.95. The van der Waals surface area contributed by atoms with Crippen molar-refractivity contribution in [3.8, 4) is 0 Å². The molecule has 25 heavy (non-hydrogen) atoms. The van der Waals surface area contributed by atoms with Crippen molar-refractivity contribution in [3.63, 3.8) is 0 Å². The van der Waals surface area contributed by atoms with Gasteiger partial charge < -0.3 is 10.6 Å². The zero-order valence-corrected chi connectivity index (χ0v) is 14.3. The van der Waals surface area contributed by atoms with Crippen LogP contribution in [0.2, 0.25) is 5.02 Å². The summed E-state index contributed by atoms with van der Waals surface area (Å²) in [7, 11) is 0. The maximum Gasteiger partial charge on any atom is 0.228 e. The molecular formula is C19H16ClN3O2. The van der Waals surface area contributed by atoms with Crippen LogP contribution in [-0.4, -0.2) is 16.8 Å². The molecule has 3 aromatic rings. The van der Waals surface area contributed by atoms with E-state index in [4.69, 9.17) is 11.6 Å². The molecule has 6 heteroatoms. The Morgan fingerprint density at radius 1 is 1.08 bits per heavy atom. The summed E-state index contributed by atoms with van der Waals surface area (Å²) in [5.41, 5.74) is 2.09. The molecule has 0 saturated heterocycles. The van der Waals surface area contributed by atoms with E-state index in [0.29, 0.717) is 16.4 Å². The summed E-state index contributed by atoms with van der Waals surface area (Å²) < 4.78 is 0. The van der Waals surface area contributed by atoms with Crippen molar-refractivity contribution in [2.45, 2.75) is 13.3 Å². The van der Waals surface area contributed by atoms with Crippen LogP contribution in [0.1, 0.15) is 12.5 Å². The Morgan fingerprint density at radius 3 is 2.68 bits per heavy atom. The van der Waals surface area contributed by atoms with E-state index in [1.807, 2.05) is 24.3 Å². The number of benzene rings is 2. The number of halogens is 1. The number of anilines is 2. The van der Waals surface area contributed by atoms with Gasteiger partial charge in [0.15, 0.2) is 0 Å². The van der Waals surface area contributed by atoms with Crippen molar-refractivity contribution in [3.05, 3.63) is 65.4 Å². The van der Waals surface area contributed by atoms with E-state index in [1.165, 1.54) is 6.92 Å².